The van der Waals surface area contributed by atoms with E-state index in [1.165, 1.54) is 11.1 Å². The third kappa shape index (κ3) is 2.33. The minimum absolute atomic E-state index is 0. The van der Waals surface area contributed by atoms with Gasteiger partial charge in [0.2, 0.25) is 0 Å². The highest BCUT2D eigenvalue weighted by molar-refractivity contribution is 5.85. The zero-order valence-corrected chi connectivity index (χ0v) is 10.3. The number of aromatic nitrogens is 1. The van der Waals surface area contributed by atoms with Crippen LogP contribution in [0.4, 0.5) is 0 Å². The molecule has 1 saturated heterocycles. The maximum Gasteiger partial charge on any atom is 0.0737 e. The molecular formula is C14H15ClN2. The second-order valence-electron chi connectivity index (χ2n) is 4.16. The van der Waals surface area contributed by atoms with Gasteiger partial charge in [-0.05, 0) is 11.6 Å². The second-order valence-corrected chi connectivity index (χ2v) is 4.16. The van der Waals surface area contributed by atoms with Crippen LogP contribution in [0.2, 0.25) is 0 Å². The SMILES string of the molecule is Cl.c1ccc(-c2ncccc2C2CNC2)cc1. The molecule has 0 unspecified atom stereocenters. The standard InChI is InChI=1S/C14H14N2.ClH/c1-2-5-11(6-3-1)14-13(7-4-8-16-14)12-9-15-10-12;/h1-8,12,15H,9-10H2;1H. The van der Waals surface area contributed by atoms with Gasteiger partial charge in [0.1, 0.15) is 0 Å². The minimum atomic E-state index is 0. The molecule has 2 heterocycles. The van der Waals surface area contributed by atoms with E-state index in [1.54, 1.807) is 0 Å². The summed E-state index contributed by atoms with van der Waals surface area (Å²) in [4.78, 5) is 4.52. The van der Waals surface area contributed by atoms with Crippen molar-refractivity contribution >= 4 is 12.4 Å². The zero-order valence-electron chi connectivity index (χ0n) is 9.47. The molecule has 17 heavy (non-hydrogen) atoms. The Balaban J connectivity index is 0.00000108. The lowest BCUT2D eigenvalue weighted by Gasteiger charge is -2.28. The summed E-state index contributed by atoms with van der Waals surface area (Å²) in [6.07, 6.45) is 1.87. The Hall–Kier alpha value is -1.38. The molecule has 3 heteroatoms. The number of benzene rings is 1. The number of nitrogens with zero attached hydrogens (tertiary/aromatic N) is 1. The molecule has 3 rings (SSSR count). The summed E-state index contributed by atoms with van der Waals surface area (Å²) in [5.74, 6) is 0.629. The van der Waals surface area contributed by atoms with Crippen LogP contribution in [-0.2, 0) is 0 Å². The Labute approximate surface area is 108 Å². The number of nitrogens with one attached hydrogen (secondary N) is 1. The molecule has 88 valence electrons. The Morgan fingerprint density at radius 3 is 2.41 bits per heavy atom. The second kappa shape index (κ2) is 5.30. The Kier molecular flexibility index (Phi) is 3.77. The van der Waals surface area contributed by atoms with Gasteiger partial charge in [-0.15, -0.1) is 12.4 Å². The lowest BCUT2D eigenvalue weighted by atomic mass is 9.90. The fraction of sp³-hybridized carbons (Fsp3) is 0.214. The predicted octanol–water partition coefficient (Wildman–Crippen LogP) is 2.86. The van der Waals surface area contributed by atoms with Gasteiger partial charge in [-0.3, -0.25) is 4.98 Å². The average molecular weight is 247 g/mol. The summed E-state index contributed by atoms with van der Waals surface area (Å²) >= 11 is 0. The van der Waals surface area contributed by atoms with Crippen LogP contribution >= 0.6 is 12.4 Å². The first-order valence-corrected chi connectivity index (χ1v) is 5.66. The van der Waals surface area contributed by atoms with E-state index in [0.717, 1.165) is 18.8 Å². The van der Waals surface area contributed by atoms with Gasteiger partial charge in [0.25, 0.3) is 0 Å². The van der Waals surface area contributed by atoms with E-state index in [0.29, 0.717) is 5.92 Å². The van der Waals surface area contributed by atoms with Crippen molar-refractivity contribution in [3.8, 4) is 11.3 Å². The van der Waals surface area contributed by atoms with E-state index in [4.69, 9.17) is 0 Å². The van der Waals surface area contributed by atoms with E-state index >= 15 is 0 Å². The van der Waals surface area contributed by atoms with E-state index in [1.807, 2.05) is 18.3 Å². The molecule has 2 aromatic rings. The third-order valence-electron chi connectivity index (χ3n) is 3.11. The quantitative estimate of drug-likeness (QED) is 0.882. The topological polar surface area (TPSA) is 24.9 Å². The first-order valence-electron chi connectivity index (χ1n) is 5.66. The summed E-state index contributed by atoms with van der Waals surface area (Å²) < 4.78 is 0. The fourth-order valence-corrected chi connectivity index (χ4v) is 2.09. The van der Waals surface area contributed by atoms with E-state index in [2.05, 4.69) is 40.6 Å². The maximum atomic E-state index is 4.52. The largest absolute Gasteiger partial charge is 0.315 e. The molecule has 0 spiro atoms. The van der Waals surface area contributed by atoms with Gasteiger partial charge < -0.3 is 5.32 Å². The molecule has 0 aliphatic carbocycles. The zero-order chi connectivity index (χ0) is 10.8. The highest BCUT2D eigenvalue weighted by Gasteiger charge is 2.22. The summed E-state index contributed by atoms with van der Waals surface area (Å²) in [5, 5.41) is 3.31. The van der Waals surface area contributed by atoms with Crippen molar-refractivity contribution in [3.63, 3.8) is 0 Å². The molecule has 1 aromatic carbocycles. The predicted molar refractivity (Wildman–Crippen MR) is 72.5 cm³/mol. The van der Waals surface area contributed by atoms with Crippen LogP contribution in [0.3, 0.4) is 0 Å². The lowest BCUT2D eigenvalue weighted by Crippen LogP contribution is -2.40. The fourth-order valence-electron chi connectivity index (χ4n) is 2.09. The number of rotatable bonds is 2. The monoisotopic (exact) mass is 246 g/mol. The molecule has 2 nitrogen and oxygen atoms in total. The van der Waals surface area contributed by atoms with Gasteiger partial charge in [0, 0.05) is 30.8 Å². The van der Waals surface area contributed by atoms with Crippen LogP contribution in [-0.4, -0.2) is 18.1 Å². The number of pyridine rings is 1. The Bertz CT molecular complexity index is 481. The summed E-state index contributed by atoms with van der Waals surface area (Å²) in [7, 11) is 0. The Morgan fingerprint density at radius 2 is 1.76 bits per heavy atom. The lowest BCUT2D eigenvalue weighted by molar-refractivity contribution is 0.448. The molecule has 1 fully saturated rings. The molecular weight excluding hydrogens is 232 g/mol. The van der Waals surface area contributed by atoms with Crippen LogP contribution in [0.25, 0.3) is 11.3 Å². The van der Waals surface area contributed by atoms with Crippen LogP contribution in [0.5, 0.6) is 0 Å². The molecule has 0 radical (unpaired) electrons. The highest BCUT2D eigenvalue weighted by Crippen LogP contribution is 2.29. The van der Waals surface area contributed by atoms with Crippen molar-refractivity contribution in [2.24, 2.45) is 0 Å². The van der Waals surface area contributed by atoms with Crippen molar-refractivity contribution in [2.75, 3.05) is 13.1 Å². The molecule has 0 atom stereocenters. The smallest absolute Gasteiger partial charge is 0.0737 e. The van der Waals surface area contributed by atoms with Gasteiger partial charge in [-0.1, -0.05) is 36.4 Å². The first kappa shape index (κ1) is 12.1. The van der Waals surface area contributed by atoms with Gasteiger partial charge in [0.05, 0.1) is 5.69 Å². The normalized spacial score (nSPS) is 14.8. The van der Waals surface area contributed by atoms with Gasteiger partial charge in [-0.2, -0.15) is 0 Å². The van der Waals surface area contributed by atoms with Crippen LogP contribution in [0.1, 0.15) is 11.5 Å². The van der Waals surface area contributed by atoms with Crippen molar-refractivity contribution in [2.45, 2.75) is 5.92 Å². The average Bonchev–Trinajstić information content (AvgIpc) is 2.29. The summed E-state index contributed by atoms with van der Waals surface area (Å²) in [6.45, 7) is 2.15. The molecule has 0 amide bonds. The van der Waals surface area contributed by atoms with Crippen molar-refractivity contribution in [1.29, 1.82) is 0 Å². The highest BCUT2D eigenvalue weighted by atomic mass is 35.5. The summed E-state index contributed by atoms with van der Waals surface area (Å²) in [6, 6.07) is 14.6. The number of hydrogen-bond donors (Lipinski definition) is 1. The molecule has 1 N–H and O–H groups in total. The van der Waals surface area contributed by atoms with E-state index in [9.17, 15) is 0 Å². The molecule has 0 saturated carbocycles. The first-order chi connectivity index (χ1) is 7.95. The maximum absolute atomic E-state index is 4.52. The third-order valence-corrected chi connectivity index (χ3v) is 3.11. The number of hydrogen-bond acceptors (Lipinski definition) is 2. The van der Waals surface area contributed by atoms with E-state index in [-0.39, 0.29) is 12.4 Å². The van der Waals surface area contributed by atoms with E-state index < -0.39 is 0 Å². The van der Waals surface area contributed by atoms with Gasteiger partial charge in [0.15, 0.2) is 0 Å². The van der Waals surface area contributed by atoms with Crippen molar-refractivity contribution in [3.05, 3.63) is 54.2 Å². The molecule has 0 bridgehead atoms. The molecule has 1 aromatic heterocycles. The van der Waals surface area contributed by atoms with Crippen LogP contribution < -0.4 is 5.32 Å². The van der Waals surface area contributed by atoms with Crippen molar-refractivity contribution in [1.82, 2.24) is 10.3 Å². The molecule has 1 aliphatic heterocycles. The Morgan fingerprint density at radius 1 is 1.00 bits per heavy atom. The van der Waals surface area contributed by atoms with Crippen molar-refractivity contribution < 1.29 is 0 Å². The van der Waals surface area contributed by atoms with Gasteiger partial charge >= 0.3 is 0 Å². The minimum Gasteiger partial charge on any atom is -0.315 e. The van der Waals surface area contributed by atoms with Crippen LogP contribution in [0.15, 0.2) is 48.7 Å². The number of halogens is 1. The van der Waals surface area contributed by atoms with Gasteiger partial charge in [-0.25, -0.2) is 0 Å². The molecule has 1 aliphatic rings. The summed E-state index contributed by atoms with van der Waals surface area (Å²) in [5.41, 5.74) is 3.71. The van der Waals surface area contributed by atoms with Crippen LogP contribution in [0, 0.1) is 0 Å².